The summed E-state index contributed by atoms with van der Waals surface area (Å²) in [6, 6.07) is 2.88. The third-order valence-corrected chi connectivity index (χ3v) is 3.15. The molecule has 1 aliphatic heterocycles. The number of amides is 2. The minimum Gasteiger partial charge on any atom is -0.465 e. The second-order valence-corrected chi connectivity index (χ2v) is 4.53. The van der Waals surface area contributed by atoms with E-state index in [1.807, 2.05) is 0 Å². The lowest BCUT2D eigenvalue weighted by molar-refractivity contribution is 0.0142. The molecule has 0 radical (unpaired) electrons. The van der Waals surface area contributed by atoms with Crippen molar-refractivity contribution in [1.29, 1.82) is 0 Å². The Balaban J connectivity index is 2.13. The van der Waals surface area contributed by atoms with E-state index in [1.165, 1.54) is 35.5 Å². The first-order valence-electron chi connectivity index (χ1n) is 6.89. The lowest BCUT2D eigenvalue weighted by Crippen LogP contribution is -2.45. The van der Waals surface area contributed by atoms with Crippen molar-refractivity contribution < 1.29 is 23.9 Å². The third-order valence-electron chi connectivity index (χ3n) is 3.15. The molecule has 2 rings (SSSR count). The highest BCUT2D eigenvalue weighted by Crippen LogP contribution is 2.15. The largest absolute Gasteiger partial charge is 0.465 e. The van der Waals surface area contributed by atoms with Gasteiger partial charge in [-0.05, 0) is 25.5 Å². The van der Waals surface area contributed by atoms with Crippen LogP contribution in [0.3, 0.4) is 0 Å². The molecule has 22 heavy (non-hydrogen) atoms. The highest BCUT2D eigenvalue weighted by Gasteiger charge is 2.32. The topological polar surface area (TPSA) is 89.0 Å². The predicted octanol–water partition coefficient (Wildman–Crippen LogP) is 1.09. The Labute approximate surface area is 127 Å². The number of nitrogens with zero attached hydrogens (tertiary/aromatic N) is 3. The van der Waals surface area contributed by atoms with Crippen molar-refractivity contribution in [2.45, 2.75) is 13.3 Å². The summed E-state index contributed by atoms with van der Waals surface area (Å²) in [6.07, 6.45) is 1.38. The lowest BCUT2D eigenvalue weighted by Gasteiger charge is -2.26. The van der Waals surface area contributed by atoms with Crippen molar-refractivity contribution >= 4 is 18.0 Å². The molecule has 0 atom stereocenters. The third kappa shape index (κ3) is 3.16. The van der Waals surface area contributed by atoms with Gasteiger partial charge in [-0.25, -0.2) is 19.6 Å². The molecule has 2 amide bonds. The van der Waals surface area contributed by atoms with Crippen molar-refractivity contribution in [3.05, 3.63) is 29.6 Å². The second kappa shape index (κ2) is 6.88. The molecule has 0 spiro atoms. The van der Waals surface area contributed by atoms with E-state index in [9.17, 15) is 14.4 Å². The molecule has 0 N–H and O–H groups in total. The van der Waals surface area contributed by atoms with E-state index in [2.05, 4.69) is 9.72 Å². The fraction of sp³-hybridized carbons (Fsp3) is 0.429. The lowest BCUT2D eigenvalue weighted by atomic mass is 10.2. The maximum Gasteiger partial charge on any atom is 0.428 e. The molecule has 118 valence electrons. The molecule has 2 heterocycles. The molecule has 1 fully saturated rings. The molecule has 1 aromatic rings. The first-order valence-corrected chi connectivity index (χ1v) is 6.89. The summed E-state index contributed by atoms with van der Waals surface area (Å²) in [6.45, 7) is 2.78. The molecule has 1 aliphatic rings. The number of carbonyl (C=O) groups is 3. The molecule has 0 bridgehead atoms. The molecule has 0 saturated carbocycles. The summed E-state index contributed by atoms with van der Waals surface area (Å²) in [7, 11) is 1.27. The maximum atomic E-state index is 12.4. The number of pyridine rings is 1. The number of carbonyl (C=O) groups excluding carboxylic acids is 3. The van der Waals surface area contributed by atoms with Crippen LogP contribution in [0.1, 0.15) is 34.2 Å². The number of ether oxygens (including phenoxy) is 2. The van der Waals surface area contributed by atoms with Crippen LogP contribution >= 0.6 is 0 Å². The monoisotopic (exact) mass is 307 g/mol. The van der Waals surface area contributed by atoms with Gasteiger partial charge in [0.2, 0.25) is 0 Å². The van der Waals surface area contributed by atoms with E-state index >= 15 is 0 Å². The normalized spacial score (nSPS) is 13.9. The first-order chi connectivity index (χ1) is 10.6. The highest BCUT2D eigenvalue weighted by molar-refractivity contribution is 5.95. The number of methoxy groups -OCH3 is 1. The Morgan fingerprint density at radius 3 is 2.55 bits per heavy atom. The molecular weight excluding hydrogens is 290 g/mol. The summed E-state index contributed by atoms with van der Waals surface area (Å²) in [5.41, 5.74) is 0.395. The average molecular weight is 307 g/mol. The molecule has 0 unspecified atom stereocenters. The van der Waals surface area contributed by atoms with E-state index in [4.69, 9.17) is 4.74 Å². The Hall–Kier alpha value is -2.64. The Morgan fingerprint density at radius 2 is 1.95 bits per heavy atom. The molecule has 1 saturated heterocycles. The van der Waals surface area contributed by atoms with Gasteiger partial charge >= 0.3 is 12.1 Å². The fourth-order valence-corrected chi connectivity index (χ4v) is 2.10. The average Bonchev–Trinajstić information content (AvgIpc) is 3.03. The summed E-state index contributed by atoms with van der Waals surface area (Å²) < 4.78 is 9.49. The van der Waals surface area contributed by atoms with Gasteiger partial charge in [-0.2, -0.15) is 0 Å². The molecule has 0 aromatic carbocycles. The standard InChI is InChI=1S/C14H17N3O5/c1-3-22-14(20)17-8-4-7-16(17)12(18)11-6-5-10(9-15-11)13(19)21-2/h5-6,9H,3-4,7-8H2,1-2H3. The van der Waals surface area contributed by atoms with Crippen LogP contribution in [0.5, 0.6) is 0 Å². The number of hydrogen-bond acceptors (Lipinski definition) is 6. The van der Waals surface area contributed by atoms with Gasteiger partial charge in [0, 0.05) is 19.3 Å². The minimum atomic E-state index is -0.556. The van der Waals surface area contributed by atoms with E-state index in [0.29, 0.717) is 19.5 Å². The predicted molar refractivity (Wildman–Crippen MR) is 75.0 cm³/mol. The Bertz CT molecular complexity index is 572. The molecule has 1 aromatic heterocycles. The van der Waals surface area contributed by atoms with Gasteiger partial charge in [-0.3, -0.25) is 9.78 Å². The zero-order valence-electron chi connectivity index (χ0n) is 12.4. The van der Waals surface area contributed by atoms with Crippen LogP contribution in [0.2, 0.25) is 0 Å². The first kappa shape index (κ1) is 15.7. The van der Waals surface area contributed by atoms with Gasteiger partial charge in [0.15, 0.2) is 0 Å². The van der Waals surface area contributed by atoms with Crippen molar-refractivity contribution in [1.82, 2.24) is 15.0 Å². The summed E-state index contributed by atoms with van der Waals surface area (Å²) in [5.74, 6) is -0.942. The zero-order chi connectivity index (χ0) is 16.1. The second-order valence-electron chi connectivity index (χ2n) is 4.53. The number of hydrazine groups is 1. The molecule has 0 aliphatic carbocycles. The number of rotatable bonds is 3. The van der Waals surface area contributed by atoms with Crippen LogP contribution in [0.15, 0.2) is 18.3 Å². The Morgan fingerprint density at radius 1 is 1.23 bits per heavy atom. The number of aromatic nitrogens is 1. The van der Waals surface area contributed by atoms with Crippen molar-refractivity contribution in [3.63, 3.8) is 0 Å². The van der Waals surface area contributed by atoms with Gasteiger partial charge in [0.1, 0.15) is 5.69 Å². The van der Waals surface area contributed by atoms with Gasteiger partial charge in [0.25, 0.3) is 5.91 Å². The van der Waals surface area contributed by atoms with Crippen LogP contribution in [0, 0.1) is 0 Å². The van der Waals surface area contributed by atoms with Crippen LogP contribution in [0.4, 0.5) is 4.79 Å². The van der Waals surface area contributed by atoms with E-state index in [1.54, 1.807) is 6.92 Å². The fourth-order valence-electron chi connectivity index (χ4n) is 2.10. The minimum absolute atomic E-state index is 0.142. The maximum absolute atomic E-state index is 12.4. The van der Waals surface area contributed by atoms with Crippen LogP contribution < -0.4 is 0 Å². The number of esters is 1. The van der Waals surface area contributed by atoms with Gasteiger partial charge in [-0.15, -0.1) is 0 Å². The van der Waals surface area contributed by atoms with Crippen LogP contribution in [0.25, 0.3) is 0 Å². The summed E-state index contributed by atoms with van der Waals surface area (Å²) >= 11 is 0. The Kier molecular flexibility index (Phi) is 4.92. The number of hydrogen-bond donors (Lipinski definition) is 0. The van der Waals surface area contributed by atoms with Gasteiger partial charge in [0.05, 0.1) is 19.3 Å². The SMILES string of the molecule is CCOC(=O)N1CCCN1C(=O)c1ccc(C(=O)OC)cn1. The molecular formula is C14H17N3O5. The smallest absolute Gasteiger partial charge is 0.428 e. The highest BCUT2D eigenvalue weighted by atomic mass is 16.6. The van der Waals surface area contributed by atoms with Gasteiger partial charge in [-0.1, -0.05) is 0 Å². The van der Waals surface area contributed by atoms with Crippen molar-refractivity contribution in [2.75, 3.05) is 26.8 Å². The quantitative estimate of drug-likeness (QED) is 0.777. The van der Waals surface area contributed by atoms with Crippen LogP contribution in [-0.2, 0) is 9.47 Å². The van der Waals surface area contributed by atoms with Crippen molar-refractivity contribution in [3.8, 4) is 0 Å². The van der Waals surface area contributed by atoms with Gasteiger partial charge < -0.3 is 9.47 Å². The van der Waals surface area contributed by atoms with E-state index in [-0.39, 0.29) is 17.9 Å². The summed E-state index contributed by atoms with van der Waals surface area (Å²) in [4.78, 5) is 39.5. The van der Waals surface area contributed by atoms with E-state index in [0.717, 1.165) is 0 Å². The summed E-state index contributed by atoms with van der Waals surface area (Å²) in [5, 5.41) is 2.57. The van der Waals surface area contributed by atoms with E-state index < -0.39 is 18.0 Å². The zero-order valence-corrected chi connectivity index (χ0v) is 12.4. The molecule has 8 heteroatoms. The van der Waals surface area contributed by atoms with Crippen molar-refractivity contribution in [2.24, 2.45) is 0 Å². The van der Waals surface area contributed by atoms with Crippen LogP contribution in [-0.4, -0.2) is 59.8 Å². The molecule has 8 nitrogen and oxygen atoms in total.